The fourth-order valence-electron chi connectivity index (χ4n) is 2.13. The number of nitrogens with one attached hydrogen (secondary N) is 1. The van der Waals surface area contributed by atoms with Gasteiger partial charge in [-0.1, -0.05) is 36.0 Å². The summed E-state index contributed by atoms with van der Waals surface area (Å²) in [6.45, 7) is 1.84. The molecule has 0 fully saturated rings. The lowest BCUT2D eigenvalue weighted by Gasteiger charge is -2.04. The number of thioether (sulfide) groups is 1. The van der Waals surface area contributed by atoms with Crippen molar-refractivity contribution in [3.8, 4) is 5.75 Å². The Hall–Kier alpha value is -2.38. The maximum atomic E-state index is 12.0. The molecule has 25 heavy (non-hydrogen) atoms. The number of nitrogens with zero attached hydrogens (tertiary/aromatic N) is 2. The molecule has 1 amide bonds. The summed E-state index contributed by atoms with van der Waals surface area (Å²) in [5, 5.41) is 4.16. The van der Waals surface area contributed by atoms with Crippen molar-refractivity contribution in [2.45, 2.75) is 11.3 Å². The number of aromatic nitrogens is 1. The summed E-state index contributed by atoms with van der Waals surface area (Å²) in [5.41, 5.74) is 5.17. The van der Waals surface area contributed by atoms with Crippen LogP contribution < -0.4 is 10.2 Å². The third-order valence-corrected chi connectivity index (χ3v) is 5.62. The second kappa shape index (κ2) is 8.13. The molecule has 1 N–H and O–H groups in total. The van der Waals surface area contributed by atoms with E-state index in [0.717, 1.165) is 31.6 Å². The smallest absolute Gasteiger partial charge is 0.250 e. The molecule has 2 aromatic carbocycles. The SMILES string of the molecule is COc1cccc(C(C)=NNC(=O)CSc2nc3ccccc3s2)c1. The molecule has 0 saturated carbocycles. The summed E-state index contributed by atoms with van der Waals surface area (Å²) >= 11 is 3.00. The Bertz CT molecular complexity index is 888. The lowest BCUT2D eigenvalue weighted by Crippen LogP contribution is -2.21. The zero-order valence-corrected chi connectivity index (χ0v) is 15.5. The minimum atomic E-state index is -0.161. The van der Waals surface area contributed by atoms with Crippen LogP contribution in [0.3, 0.4) is 0 Å². The van der Waals surface area contributed by atoms with Gasteiger partial charge in [-0.25, -0.2) is 10.4 Å². The number of benzene rings is 2. The van der Waals surface area contributed by atoms with Crippen molar-refractivity contribution in [2.24, 2.45) is 5.10 Å². The Labute approximate surface area is 154 Å². The summed E-state index contributed by atoms with van der Waals surface area (Å²) in [7, 11) is 1.62. The topological polar surface area (TPSA) is 63.6 Å². The van der Waals surface area contributed by atoms with Crippen molar-refractivity contribution in [2.75, 3.05) is 12.9 Å². The molecule has 0 saturated heterocycles. The van der Waals surface area contributed by atoms with Gasteiger partial charge < -0.3 is 4.74 Å². The van der Waals surface area contributed by atoms with E-state index in [2.05, 4.69) is 15.5 Å². The van der Waals surface area contributed by atoms with Crippen molar-refractivity contribution in [1.82, 2.24) is 10.4 Å². The van der Waals surface area contributed by atoms with Crippen LogP contribution in [0.4, 0.5) is 0 Å². The predicted molar refractivity (Wildman–Crippen MR) is 104 cm³/mol. The molecule has 128 valence electrons. The van der Waals surface area contributed by atoms with Crippen molar-refractivity contribution >= 4 is 44.9 Å². The minimum Gasteiger partial charge on any atom is -0.497 e. The first-order valence-corrected chi connectivity index (χ1v) is 9.42. The average molecular weight is 371 g/mol. The van der Waals surface area contributed by atoms with E-state index in [1.807, 2.05) is 55.5 Å². The molecule has 0 radical (unpaired) electrons. The van der Waals surface area contributed by atoms with Crippen LogP contribution in [-0.4, -0.2) is 29.5 Å². The lowest BCUT2D eigenvalue weighted by molar-refractivity contribution is -0.118. The zero-order chi connectivity index (χ0) is 17.6. The highest BCUT2D eigenvalue weighted by Crippen LogP contribution is 2.29. The quantitative estimate of drug-likeness (QED) is 0.405. The zero-order valence-electron chi connectivity index (χ0n) is 13.9. The van der Waals surface area contributed by atoms with E-state index < -0.39 is 0 Å². The van der Waals surface area contributed by atoms with Crippen LogP contribution in [0.5, 0.6) is 5.75 Å². The molecule has 3 aromatic rings. The van der Waals surface area contributed by atoms with E-state index in [1.165, 1.54) is 11.8 Å². The van der Waals surface area contributed by atoms with Gasteiger partial charge in [-0.15, -0.1) is 11.3 Å². The molecular weight excluding hydrogens is 354 g/mol. The molecule has 1 aromatic heterocycles. The van der Waals surface area contributed by atoms with Crippen LogP contribution in [0.25, 0.3) is 10.2 Å². The summed E-state index contributed by atoms with van der Waals surface area (Å²) in [6.07, 6.45) is 0. The van der Waals surface area contributed by atoms with Gasteiger partial charge in [0.05, 0.1) is 28.8 Å². The molecule has 0 bridgehead atoms. The van der Waals surface area contributed by atoms with Crippen LogP contribution in [0.15, 0.2) is 58.0 Å². The fraction of sp³-hybridized carbons (Fsp3) is 0.167. The second-order valence-electron chi connectivity index (χ2n) is 5.20. The second-order valence-corrected chi connectivity index (χ2v) is 7.45. The van der Waals surface area contributed by atoms with Gasteiger partial charge in [0.25, 0.3) is 5.91 Å². The number of ether oxygens (including phenoxy) is 1. The number of para-hydroxylation sites is 1. The van der Waals surface area contributed by atoms with Gasteiger partial charge in [0.2, 0.25) is 0 Å². The first-order chi connectivity index (χ1) is 12.2. The summed E-state index contributed by atoms with van der Waals surface area (Å²) < 4.78 is 7.19. The number of carbonyl (C=O) groups is 1. The molecule has 1 heterocycles. The molecule has 0 atom stereocenters. The fourth-order valence-corrected chi connectivity index (χ4v) is 3.99. The van der Waals surface area contributed by atoms with E-state index in [4.69, 9.17) is 4.74 Å². The van der Waals surface area contributed by atoms with E-state index in [0.29, 0.717) is 0 Å². The van der Waals surface area contributed by atoms with E-state index in [9.17, 15) is 4.79 Å². The van der Waals surface area contributed by atoms with Gasteiger partial charge in [-0.2, -0.15) is 5.10 Å². The molecule has 3 rings (SSSR count). The highest BCUT2D eigenvalue weighted by Gasteiger charge is 2.07. The van der Waals surface area contributed by atoms with Crippen LogP contribution in [-0.2, 0) is 4.79 Å². The number of rotatable bonds is 6. The van der Waals surface area contributed by atoms with Crippen molar-refractivity contribution in [1.29, 1.82) is 0 Å². The number of amides is 1. The molecule has 7 heteroatoms. The maximum Gasteiger partial charge on any atom is 0.250 e. The Morgan fingerprint density at radius 1 is 1.28 bits per heavy atom. The number of carbonyl (C=O) groups excluding carboxylic acids is 1. The summed E-state index contributed by atoms with van der Waals surface area (Å²) in [4.78, 5) is 16.5. The number of hydrogen-bond donors (Lipinski definition) is 1. The first kappa shape index (κ1) is 17.4. The number of hydrazone groups is 1. The molecule has 0 aliphatic carbocycles. The predicted octanol–water partition coefficient (Wildman–Crippen LogP) is 3.94. The van der Waals surface area contributed by atoms with Gasteiger partial charge in [-0.3, -0.25) is 4.79 Å². The highest BCUT2D eigenvalue weighted by molar-refractivity contribution is 8.01. The number of fused-ring (bicyclic) bond motifs is 1. The van der Waals surface area contributed by atoms with Gasteiger partial charge in [-0.05, 0) is 31.2 Å². The van der Waals surface area contributed by atoms with Gasteiger partial charge >= 0.3 is 0 Å². The summed E-state index contributed by atoms with van der Waals surface area (Å²) in [6, 6.07) is 15.5. The van der Waals surface area contributed by atoms with Crippen LogP contribution in [0, 0.1) is 0 Å². The minimum absolute atomic E-state index is 0.161. The van der Waals surface area contributed by atoms with E-state index in [-0.39, 0.29) is 11.7 Å². The van der Waals surface area contributed by atoms with Gasteiger partial charge in [0, 0.05) is 5.56 Å². The van der Waals surface area contributed by atoms with Crippen LogP contribution in [0.1, 0.15) is 12.5 Å². The van der Waals surface area contributed by atoms with Gasteiger partial charge in [0.15, 0.2) is 4.34 Å². The molecule has 5 nitrogen and oxygen atoms in total. The number of methoxy groups -OCH3 is 1. The Kier molecular flexibility index (Phi) is 5.67. The molecular formula is C18H17N3O2S2. The molecule has 0 spiro atoms. The first-order valence-electron chi connectivity index (χ1n) is 7.61. The normalized spacial score (nSPS) is 11.5. The van der Waals surface area contributed by atoms with Crippen LogP contribution in [0.2, 0.25) is 0 Å². The average Bonchev–Trinajstić information content (AvgIpc) is 3.07. The maximum absolute atomic E-state index is 12.0. The Morgan fingerprint density at radius 2 is 2.12 bits per heavy atom. The van der Waals surface area contributed by atoms with Crippen molar-refractivity contribution in [3.63, 3.8) is 0 Å². The summed E-state index contributed by atoms with van der Waals surface area (Å²) in [5.74, 6) is 0.866. The number of thiazole rings is 1. The largest absolute Gasteiger partial charge is 0.497 e. The standard InChI is InChI=1S/C18H17N3O2S2/c1-12(13-6-5-7-14(10-13)23-2)20-21-17(22)11-24-18-19-15-8-3-4-9-16(15)25-18/h3-10H,11H2,1-2H3,(H,21,22). The monoisotopic (exact) mass is 371 g/mol. The van der Waals surface area contributed by atoms with Gasteiger partial charge in [0.1, 0.15) is 5.75 Å². The molecule has 0 unspecified atom stereocenters. The molecule has 0 aliphatic rings. The van der Waals surface area contributed by atoms with E-state index in [1.54, 1.807) is 18.4 Å². The highest BCUT2D eigenvalue weighted by atomic mass is 32.2. The number of hydrogen-bond acceptors (Lipinski definition) is 6. The third kappa shape index (κ3) is 4.58. The van der Waals surface area contributed by atoms with Crippen molar-refractivity contribution in [3.05, 3.63) is 54.1 Å². The Balaban J connectivity index is 1.56. The van der Waals surface area contributed by atoms with Crippen molar-refractivity contribution < 1.29 is 9.53 Å². The van der Waals surface area contributed by atoms with Crippen LogP contribution >= 0.6 is 23.1 Å². The Morgan fingerprint density at radius 3 is 2.92 bits per heavy atom. The van der Waals surface area contributed by atoms with E-state index >= 15 is 0 Å². The lowest BCUT2D eigenvalue weighted by atomic mass is 10.1. The molecule has 0 aliphatic heterocycles. The third-order valence-electron chi connectivity index (χ3n) is 3.44.